The zero-order valence-electron chi connectivity index (χ0n) is 19.0. The molecule has 1 aliphatic rings. The van der Waals surface area contributed by atoms with Crippen LogP contribution in [0.1, 0.15) is 29.7 Å². The number of H-pyrrole nitrogens is 1. The summed E-state index contributed by atoms with van der Waals surface area (Å²) in [6, 6.07) is 14.4. The molecule has 9 nitrogen and oxygen atoms in total. The maximum Gasteiger partial charge on any atom is 0.407 e. The van der Waals surface area contributed by atoms with E-state index in [1.165, 1.54) is 13.4 Å². The van der Waals surface area contributed by atoms with Crippen molar-refractivity contribution in [2.24, 2.45) is 0 Å². The molecular weight excluding hydrogens is 434 g/mol. The fraction of sp³-hybridized carbons (Fsp3) is 0.280. The van der Waals surface area contributed by atoms with Crippen LogP contribution >= 0.6 is 0 Å². The first kappa shape index (κ1) is 23.0. The number of nitrogens with zero attached hydrogens (tertiary/aromatic N) is 1. The number of aromatic amines is 1. The second kappa shape index (κ2) is 10.2. The molecule has 0 aliphatic heterocycles. The van der Waals surface area contributed by atoms with E-state index in [2.05, 4.69) is 38.1 Å². The molecule has 0 saturated heterocycles. The van der Waals surface area contributed by atoms with Crippen molar-refractivity contribution in [1.29, 1.82) is 0 Å². The van der Waals surface area contributed by atoms with Gasteiger partial charge >= 0.3 is 6.09 Å². The van der Waals surface area contributed by atoms with Gasteiger partial charge in [0.25, 0.3) is 0 Å². The molecule has 0 saturated carbocycles. The molecule has 4 N–H and O–H groups in total. The van der Waals surface area contributed by atoms with Gasteiger partial charge in [-0.3, -0.25) is 9.59 Å². The van der Waals surface area contributed by atoms with Crippen molar-refractivity contribution < 1.29 is 19.1 Å². The number of amides is 3. The molecular formula is C25H27N5O4. The van der Waals surface area contributed by atoms with Crippen LogP contribution in [-0.2, 0) is 20.7 Å². The number of benzene rings is 2. The van der Waals surface area contributed by atoms with Crippen molar-refractivity contribution in [3.63, 3.8) is 0 Å². The van der Waals surface area contributed by atoms with Crippen LogP contribution in [0.3, 0.4) is 0 Å². The first-order valence-corrected chi connectivity index (χ1v) is 11.1. The van der Waals surface area contributed by atoms with Crippen molar-refractivity contribution >= 4 is 17.9 Å². The molecule has 4 rings (SSSR count). The SMILES string of the molecule is CNC(=O)[C@H](C)NC(=O)[C@H](Cc1cnc[nH]1)NC(=O)OCC1c2ccccc2-c2ccccc21. The fourth-order valence-corrected chi connectivity index (χ4v) is 4.20. The predicted octanol–water partition coefficient (Wildman–Crippen LogP) is 2.11. The van der Waals surface area contributed by atoms with E-state index in [0.717, 1.165) is 22.3 Å². The summed E-state index contributed by atoms with van der Waals surface area (Å²) >= 11 is 0. The Hall–Kier alpha value is -4.14. The lowest BCUT2D eigenvalue weighted by molar-refractivity contribution is -0.129. The number of likely N-dealkylation sites (N-methyl/N-ethyl adjacent to an activating group) is 1. The highest BCUT2D eigenvalue weighted by Gasteiger charge is 2.30. The van der Waals surface area contributed by atoms with E-state index in [9.17, 15) is 14.4 Å². The molecule has 1 aromatic heterocycles. The number of carbonyl (C=O) groups excluding carboxylic acids is 3. The third kappa shape index (κ3) is 4.93. The Labute approximate surface area is 197 Å². The minimum absolute atomic E-state index is 0.0914. The van der Waals surface area contributed by atoms with Gasteiger partial charge in [-0.25, -0.2) is 9.78 Å². The summed E-state index contributed by atoms with van der Waals surface area (Å²) < 4.78 is 5.58. The summed E-state index contributed by atoms with van der Waals surface area (Å²) in [6.07, 6.45) is 2.51. The number of nitrogens with one attached hydrogen (secondary N) is 4. The highest BCUT2D eigenvalue weighted by atomic mass is 16.5. The normalized spacial score (nSPS) is 13.8. The van der Waals surface area contributed by atoms with E-state index in [0.29, 0.717) is 5.69 Å². The second-order valence-electron chi connectivity index (χ2n) is 8.15. The Bertz CT molecular complexity index is 1130. The Balaban J connectivity index is 1.44. The summed E-state index contributed by atoms with van der Waals surface area (Å²) in [7, 11) is 1.49. The number of hydrogen-bond acceptors (Lipinski definition) is 5. The number of fused-ring (bicyclic) bond motifs is 3. The third-order valence-electron chi connectivity index (χ3n) is 5.93. The molecule has 2 atom stereocenters. The summed E-state index contributed by atoms with van der Waals surface area (Å²) in [4.78, 5) is 44.2. The van der Waals surface area contributed by atoms with Crippen LogP contribution in [-0.4, -0.2) is 53.6 Å². The minimum Gasteiger partial charge on any atom is -0.449 e. The summed E-state index contributed by atoms with van der Waals surface area (Å²) in [5, 5.41) is 7.73. The first-order valence-electron chi connectivity index (χ1n) is 11.1. The maximum atomic E-state index is 12.8. The molecule has 3 aromatic rings. The van der Waals surface area contributed by atoms with Crippen molar-refractivity contribution in [3.8, 4) is 11.1 Å². The van der Waals surface area contributed by atoms with Crippen LogP contribution in [0.15, 0.2) is 61.1 Å². The predicted molar refractivity (Wildman–Crippen MR) is 126 cm³/mol. The molecule has 0 bridgehead atoms. The Kier molecular flexibility index (Phi) is 6.91. The van der Waals surface area contributed by atoms with Crippen LogP contribution in [0.2, 0.25) is 0 Å². The average Bonchev–Trinajstić information content (AvgIpc) is 3.47. The topological polar surface area (TPSA) is 125 Å². The van der Waals surface area contributed by atoms with Gasteiger partial charge in [-0.2, -0.15) is 0 Å². The molecule has 0 radical (unpaired) electrons. The maximum absolute atomic E-state index is 12.8. The number of carbonyl (C=O) groups is 3. The Morgan fingerprint density at radius 3 is 2.24 bits per heavy atom. The van der Waals surface area contributed by atoms with Crippen LogP contribution in [0.4, 0.5) is 4.79 Å². The first-order chi connectivity index (χ1) is 16.5. The smallest absolute Gasteiger partial charge is 0.407 e. The second-order valence-corrected chi connectivity index (χ2v) is 8.15. The number of alkyl carbamates (subject to hydrolysis) is 1. The van der Waals surface area contributed by atoms with Crippen molar-refractivity contribution in [2.75, 3.05) is 13.7 Å². The zero-order chi connectivity index (χ0) is 24.1. The summed E-state index contributed by atoms with van der Waals surface area (Å²) in [6.45, 7) is 1.70. The lowest BCUT2D eigenvalue weighted by Gasteiger charge is -2.21. The van der Waals surface area contributed by atoms with Gasteiger partial charge < -0.3 is 25.7 Å². The molecule has 1 aliphatic carbocycles. The van der Waals surface area contributed by atoms with Gasteiger partial charge in [-0.1, -0.05) is 48.5 Å². The van der Waals surface area contributed by atoms with Gasteiger partial charge in [0.1, 0.15) is 18.7 Å². The molecule has 0 unspecified atom stereocenters. The van der Waals surface area contributed by atoms with E-state index in [1.807, 2.05) is 36.4 Å². The molecule has 2 aromatic carbocycles. The molecule has 0 spiro atoms. The number of aromatic nitrogens is 2. The number of rotatable bonds is 8. The van der Waals surface area contributed by atoms with Gasteiger partial charge in [0.05, 0.1) is 6.33 Å². The van der Waals surface area contributed by atoms with E-state index >= 15 is 0 Å². The van der Waals surface area contributed by atoms with Crippen molar-refractivity contribution in [3.05, 3.63) is 77.9 Å². The molecule has 34 heavy (non-hydrogen) atoms. The summed E-state index contributed by atoms with van der Waals surface area (Å²) in [5.41, 5.74) is 5.12. The van der Waals surface area contributed by atoms with Gasteiger partial charge in [0, 0.05) is 31.3 Å². The van der Waals surface area contributed by atoms with Gasteiger partial charge in [-0.05, 0) is 29.2 Å². The van der Waals surface area contributed by atoms with E-state index < -0.39 is 24.1 Å². The lowest BCUT2D eigenvalue weighted by Crippen LogP contribution is -2.53. The molecule has 1 heterocycles. The quantitative estimate of drug-likeness (QED) is 0.409. The van der Waals surface area contributed by atoms with E-state index in [4.69, 9.17) is 4.74 Å². The van der Waals surface area contributed by atoms with E-state index in [1.54, 1.807) is 13.1 Å². The molecule has 0 fully saturated rings. The standard InChI is InChI=1S/C25H27N5O4/c1-15(23(31)26-2)29-24(32)22(11-16-12-27-14-28-16)30-25(33)34-13-21-19-9-5-3-7-17(19)18-8-4-6-10-20(18)21/h3-10,12,14-15,21-22H,11,13H2,1-2H3,(H,26,31)(H,27,28)(H,29,32)(H,30,33)/t15-,22-/m0/s1. The Morgan fingerprint density at radius 1 is 1.00 bits per heavy atom. The van der Waals surface area contributed by atoms with Crippen molar-refractivity contribution in [2.45, 2.75) is 31.3 Å². The average molecular weight is 462 g/mol. The fourth-order valence-electron chi connectivity index (χ4n) is 4.20. The van der Waals surface area contributed by atoms with Crippen LogP contribution in [0, 0.1) is 0 Å². The van der Waals surface area contributed by atoms with Gasteiger partial charge in [-0.15, -0.1) is 0 Å². The van der Waals surface area contributed by atoms with E-state index in [-0.39, 0.29) is 24.9 Å². The highest BCUT2D eigenvalue weighted by molar-refractivity contribution is 5.91. The van der Waals surface area contributed by atoms with Gasteiger partial charge in [0.15, 0.2) is 0 Å². The van der Waals surface area contributed by atoms with Gasteiger partial charge in [0.2, 0.25) is 11.8 Å². The lowest BCUT2D eigenvalue weighted by atomic mass is 9.98. The monoisotopic (exact) mass is 461 g/mol. The summed E-state index contributed by atoms with van der Waals surface area (Å²) in [5.74, 6) is -0.930. The largest absolute Gasteiger partial charge is 0.449 e. The van der Waals surface area contributed by atoms with Crippen LogP contribution in [0.25, 0.3) is 11.1 Å². The number of ether oxygens (including phenoxy) is 1. The highest BCUT2D eigenvalue weighted by Crippen LogP contribution is 2.44. The minimum atomic E-state index is -0.955. The van der Waals surface area contributed by atoms with Crippen LogP contribution in [0.5, 0.6) is 0 Å². The molecule has 9 heteroatoms. The number of hydrogen-bond donors (Lipinski definition) is 4. The molecule has 176 valence electrons. The zero-order valence-corrected chi connectivity index (χ0v) is 19.0. The number of imidazole rings is 1. The van der Waals surface area contributed by atoms with Crippen molar-refractivity contribution in [1.82, 2.24) is 25.9 Å². The Morgan fingerprint density at radius 2 is 1.65 bits per heavy atom. The molecule has 3 amide bonds. The third-order valence-corrected chi connectivity index (χ3v) is 5.93. The van der Waals surface area contributed by atoms with Crippen LogP contribution < -0.4 is 16.0 Å².